The van der Waals surface area contributed by atoms with E-state index in [9.17, 15) is 0 Å². The first-order valence-corrected chi connectivity index (χ1v) is 23.3. The zero-order chi connectivity index (χ0) is 44.0. The first-order valence-electron chi connectivity index (χ1n) is 23.3. The molecular weight excluding hydrogens is 787 g/mol. The number of fused-ring (bicyclic) bond motifs is 2. The minimum Gasteiger partial charge on any atom is -0.311 e. The monoisotopic (exact) mass is 841 g/mol. The molecule has 3 heteroatoms. The fraction of sp³-hybridized carbons (Fsp3) is 0.145. The molecule has 0 radical (unpaired) electrons. The molecule has 1 heterocycles. The number of aryl methyl sites for hydroxylation is 1. The average Bonchev–Trinajstić information content (AvgIpc) is 3.51. The second-order valence-electron chi connectivity index (χ2n) is 17.2. The van der Waals surface area contributed by atoms with Gasteiger partial charge in [0.2, 0.25) is 0 Å². The third-order valence-corrected chi connectivity index (χ3v) is 13.2. The van der Waals surface area contributed by atoms with Crippen LogP contribution in [0.25, 0.3) is 39.4 Å². The summed E-state index contributed by atoms with van der Waals surface area (Å²) >= 11 is 0. The lowest BCUT2D eigenvalue weighted by atomic mass is 9.82. The molecule has 3 nitrogen and oxygen atoms in total. The van der Waals surface area contributed by atoms with Crippen LogP contribution < -0.4 is 0 Å². The Bertz CT molecular complexity index is 3040. The molecule has 4 aromatic carbocycles. The summed E-state index contributed by atoms with van der Waals surface area (Å²) in [4.78, 5) is 7.48. The minimum atomic E-state index is 0.369. The van der Waals surface area contributed by atoms with Gasteiger partial charge in [0, 0.05) is 45.7 Å². The highest BCUT2D eigenvalue weighted by Gasteiger charge is 2.23. The highest BCUT2D eigenvalue weighted by Crippen LogP contribution is 2.38. The quantitative estimate of drug-likeness (QED) is 0.124. The topological polar surface area (TPSA) is 21.1 Å². The van der Waals surface area contributed by atoms with Crippen molar-refractivity contribution in [3.05, 3.63) is 276 Å². The number of nitrogens with zero attached hydrogens (tertiary/aromatic N) is 3. The van der Waals surface area contributed by atoms with Crippen molar-refractivity contribution in [3.8, 4) is 17.1 Å². The molecule has 10 rings (SSSR count). The number of hydrogen-bond acceptors (Lipinski definition) is 2. The molecule has 0 aliphatic heterocycles. The minimum absolute atomic E-state index is 0.369. The lowest BCUT2D eigenvalue weighted by Gasteiger charge is -2.32. The van der Waals surface area contributed by atoms with Gasteiger partial charge in [0.05, 0.1) is 11.0 Å². The summed E-state index contributed by atoms with van der Waals surface area (Å²) in [7, 11) is 0. The van der Waals surface area contributed by atoms with Crippen LogP contribution in [0.3, 0.4) is 0 Å². The van der Waals surface area contributed by atoms with Gasteiger partial charge in [-0.05, 0) is 127 Å². The Morgan fingerprint density at radius 1 is 0.692 bits per heavy atom. The van der Waals surface area contributed by atoms with E-state index in [1.807, 2.05) is 0 Å². The lowest BCUT2D eigenvalue weighted by Crippen LogP contribution is -2.21. The van der Waals surface area contributed by atoms with Gasteiger partial charge >= 0.3 is 0 Å². The summed E-state index contributed by atoms with van der Waals surface area (Å²) in [5, 5.41) is 0. The summed E-state index contributed by atoms with van der Waals surface area (Å²) in [6, 6.07) is 36.6. The van der Waals surface area contributed by atoms with Gasteiger partial charge in [-0.3, -0.25) is 4.57 Å². The van der Waals surface area contributed by atoms with E-state index in [2.05, 4.69) is 242 Å². The highest BCUT2D eigenvalue weighted by atomic mass is 15.2. The van der Waals surface area contributed by atoms with Gasteiger partial charge < -0.3 is 4.90 Å². The van der Waals surface area contributed by atoms with Crippen LogP contribution in [0.15, 0.2) is 259 Å². The average molecular weight is 842 g/mol. The summed E-state index contributed by atoms with van der Waals surface area (Å²) < 4.78 is 2.26. The molecule has 2 atom stereocenters. The number of aromatic nitrogens is 2. The molecule has 0 bridgehead atoms. The van der Waals surface area contributed by atoms with Crippen molar-refractivity contribution in [2.24, 2.45) is 11.8 Å². The Balaban J connectivity index is 0.769. The van der Waals surface area contributed by atoms with E-state index >= 15 is 0 Å². The molecule has 0 spiro atoms. The van der Waals surface area contributed by atoms with Gasteiger partial charge in [-0.1, -0.05) is 183 Å². The van der Waals surface area contributed by atoms with E-state index in [1.54, 1.807) is 0 Å². The third-order valence-electron chi connectivity index (χ3n) is 13.2. The molecule has 0 amide bonds. The molecule has 5 aliphatic carbocycles. The van der Waals surface area contributed by atoms with Crippen LogP contribution in [-0.4, -0.2) is 14.5 Å². The number of para-hydroxylation sites is 3. The number of benzene rings is 4. The van der Waals surface area contributed by atoms with Gasteiger partial charge in [0.1, 0.15) is 5.82 Å². The largest absolute Gasteiger partial charge is 0.311 e. The Hall–Kier alpha value is -7.49. The smallest absolute Gasteiger partial charge is 0.145 e. The fourth-order valence-corrected chi connectivity index (χ4v) is 9.67. The number of allylic oxidation sites excluding steroid dienone is 24. The molecular formula is C62H55N3. The molecule has 0 saturated heterocycles. The lowest BCUT2D eigenvalue weighted by molar-refractivity contribution is 0.630. The van der Waals surface area contributed by atoms with Gasteiger partial charge in [-0.2, -0.15) is 0 Å². The summed E-state index contributed by atoms with van der Waals surface area (Å²) in [6.07, 6.45) is 49.6. The van der Waals surface area contributed by atoms with Gasteiger partial charge in [-0.25, -0.2) is 4.98 Å². The maximum atomic E-state index is 5.07. The maximum Gasteiger partial charge on any atom is 0.145 e. The van der Waals surface area contributed by atoms with Gasteiger partial charge in [-0.15, -0.1) is 0 Å². The van der Waals surface area contributed by atoms with Crippen molar-refractivity contribution in [3.63, 3.8) is 0 Å². The van der Waals surface area contributed by atoms with Crippen molar-refractivity contribution in [2.45, 2.75) is 45.4 Å². The Morgan fingerprint density at radius 2 is 1.46 bits per heavy atom. The van der Waals surface area contributed by atoms with Crippen LogP contribution >= 0.6 is 0 Å². The summed E-state index contributed by atoms with van der Waals surface area (Å²) in [5.41, 5.74) is 18.0. The molecule has 318 valence electrons. The van der Waals surface area contributed by atoms with E-state index in [0.29, 0.717) is 11.8 Å². The molecule has 0 N–H and O–H groups in total. The van der Waals surface area contributed by atoms with E-state index < -0.39 is 0 Å². The number of hydrogen-bond donors (Lipinski definition) is 0. The predicted molar refractivity (Wildman–Crippen MR) is 275 cm³/mol. The molecule has 0 fully saturated rings. The zero-order valence-electron chi connectivity index (χ0n) is 37.2. The Labute approximate surface area is 385 Å². The van der Waals surface area contributed by atoms with Crippen molar-refractivity contribution in [2.75, 3.05) is 0 Å². The molecule has 65 heavy (non-hydrogen) atoms. The van der Waals surface area contributed by atoms with Crippen molar-refractivity contribution in [1.29, 1.82) is 0 Å². The summed E-state index contributed by atoms with van der Waals surface area (Å²) in [5.74, 6) is 1.69. The van der Waals surface area contributed by atoms with Crippen molar-refractivity contribution < 1.29 is 0 Å². The van der Waals surface area contributed by atoms with E-state index in [1.165, 1.54) is 44.7 Å². The summed E-state index contributed by atoms with van der Waals surface area (Å²) in [6.45, 7) is 6.66. The van der Waals surface area contributed by atoms with E-state index in [0.717, 1.165) is 83.6 Å². The van der Waals surface area contributed by atoms with E-state index in [4.69, 9.17) is 4.98 Å². The van der Waals surface area contributed by atoms with Crippen molar-refractivity contribution >= 4 is 22.3 Å². The molecule has 1 aromatic heterocycles. The van der Waals surface area contributed by atoms with Gasteiger partial charge in [0.25, 0.3) is 0 Å². The zero-order valence-corrected chi connectivity index (χ0v) is 37.2. The molecule has 5 aromatic rings. The van der Waals surface area contributed by atoms with E-state index in [-0.39, 0.29) is 0 Å². The standard InChI is InChI=1S/C62H55N3/c1-3-55(64(56-21-7-4-5-8-22-56)60-28-16-20-53-17-11-12-25-58(53)60)44-29-45(2)46-30-32-51(33-31-46)52-38-36-49(37-39-52)47-18-15-19-48(35-34-47)50-40-42-54(43-41-50)62-63-59-26-13-14-27-61(59)65(62)57-23-9-6-10-24-57/h3-4,6-14,17-19,21-32,34-36,38-44,49,51H,2,5,15-16,20,33,37H2,1H3/b44-29-,55-3+. The van der Waals surface area contributed by atoms with Crippen LogP contribution in [0.5, 0.6) is 0 Å². The van der Waals surface area contributed by atoms with Crippen LogP contribution in [0, 0.1) is 11.8 Å². The maximum absolute atomic E-state index is 5.07. The second kappa shape index (κ2) is 19.1. The second-order valence-corrected chi connectivity index (χ2v) is 17.2. The van der Waals surface area contributed by atoms with Crippen molar-refractivity contribution in [1.82, 2.24) is 14.5 Å². The van der Waals surface area contributed by atoms with Crippen LogP contribution in [0.1, 0.15) is 55.7 Å². The first-order chi connectivity index (χ1) is 32.1. The van der Waals surface area contributed by atoms with Gasteiger partial charge in [0.15, 0.2) is 0 Å². The molecule has 5 aliphatic rings. The number of imidazole rings is 1. The Morgan fingerprint density at radius 3 is 2.28 bits per heavy atom. The Kier molecular flexibility index (Phi) is 12.2. The highest BCUT2D eigenvalue weighted by molar-refractivity contribution is 5.84. The SMILES string of the molecule is C=C(/C=C\C(=C/C)N(C1=CC=CCC=C1)C1=CCCc2ccccc21)C1=CCC(C2=CCC(C3=CCC=C(c4ccc(-c5nc6ccccc6n5-c5ccccc5)cc4)C=C3)C=C2)C=C1. The fourth-order valence-electron chi connectivity index (χ4n) is 9.67. The predicted octanol–water partition coefficient (Wildman–Crippen LogP) is 15.7. The normalized spacial score (nSPS) is 19.4. The van der Waals surface area contributed by atoms with Crippen LogP contribution in [0.4, 0.5) is 0 Å². The van der Waals surface area contributed by atoms with Crippen LogP contribution in [-0.2, 0) is 6.42 Å². The number of rotatable bonds is 11. The van der Waals surface area contributed by atoms with Crippen LogP contribution in [0.2, 0.25) is 0 Å². The third kappa shape index (κ3) is 8.88. The molecule has 2 unspecified atom stereocenters. The molecule has 0 saturated carbocycles. The first kappa shape index (κ1) is 41.5.